The molecule has 0 aliphatic carbocycles. The molecule has 0 saturated carbocycles. The largest absolute Gasteiger partial charge is 0.493 e. The predicted octanol–water partition coefficient (Wildman–Crippen LogP) is 4.40. The van der Waals surface area contributed by atoms with Crippen LogP contribution in [0.15, 0.2) is 88.2 Å². The highest BCUT2D eigenvalue weighted by molar-refractivity contribution is 7.07. The molecule has 5 rings (SSSR count). The minimum Gasteiger partial charge on any atom is -0.493 e. The standard InChI is InChI=1S/C31H27N3O7S/c1-4-40-30(36)27-19(2)33-29(35)26(16-20-10-13-23(14-11-20)34(37)38)42-31(33)32-28(27)22-12-15-24(25(17-22)39-3)41-18-21-8-6-5-7-9-21/h5-17,28H,4,18H2,1-3H3/b26-16-/t28-/m0/s1. The number of carbonyl (C=O) groups is 1. The van der Waals surface area contributed by atoms with Gasteiger partial charge in [-0.05, 0) is 60.9 Å². The van der Waals surface area contributed by atoms with Crippen LogP contribution in [0.1, 0.15) is 36.6 Å². The van der Waals surface area contributed by atoms with Gasteiger partial charge < -0.3 is 14.2 Å². The number of benzene rings is 3. The van der Waals surface area contributed by atoms with E-state index in [1.165, 1.54) is 35.1 Å². The van der Waals surface area contributed by atoms with E-state index in [0.29, 0.717) is 44.3 Å². The van der Waals surface area contributed by atoms with E-state index in [4.69, 9.17) is 19.2 Å². The van der Waals surface area contributed by atoms with E-state index in [1.807, 2.05) is 36.4 Å². The fraction of sp³-hybridized carbons (Fsp3) is 0.194. The van der Waals surface area contributed by atoms with Crippen molar-refractivity contribution in [1.82, 2.24) is 4.57 Å². The summed E-state index contributed by atoms with van der Waals surface area (Å²) in [6.07, 6.45) is 1.64. The Hall–Kier alpha value is -5.03. The highest BCUT2D eigenvalue weighted by atomic mass is 32.1. The van der Waals surface area contributed by atoms with Gasteiger partial charge in [-0.15, -0.1) is 0 Å². The van der Waals surface area contributed by atoms with Crippen LogP contribution in [0.3, 0.4) is 0 Å². The molecule has 0 bridgehead atoms. The lowest BCUT2D eigenvalue weighted by Crippen LogP contribution is -2.35. The van der Waals surface area contributed by atoms with Crippen LogP contribution < -0.4 is 24.4 Å². The molecular weight excluding hydrogens is 558 g/mol. The van der Waals surface area contributed by atoms with Gasteiger partial charge in [0.1, 0.15) is 12.6 Å². The van der Waals surface area contributed by atoms with Crippen LogP contribution in [0, 0.1) is 10.1 Å². The first kappa shape index (κ1) is 28.5. The lowest BCUT2D eigenvalue weighted by atomic mass is 9.96. The highest BCUT2D eigenvalue weighted by Crippen LogP contribution is 2.37. The summed E-state index contributed by atoms with van der Waals surface area (Å²) in [6.45, 7) is 3.91. The van der Waals surface area contributed by atoms with Crippen molar-refractivity contribution in [2.24, 2.45) is 4.99 Å². The van der Waals surface area contributed by atoms with Crippen molar-refractivity contribution in [1.29, 1.82) is 0 Å². The van der Waals surface area contributed by atoms with Crippen molar-refractivity contribution in [2.45, 2.75) is 26.5 Å². The van der Waals surface area contributed by atoms with Crippen molar-refractivity contribution in [2.75, 3.05) is 13.7 Å². The van der Waals surface area contributed by atoms with Crippen molar-refractivity contribution < 1.29 is 23.9 Å². The van der Waals surface area contributed by atoms with Crippen LogP contribution in [-0.2, 0) is 16.1 Å². The summed E-state index contributed by atoms with van der Waals surface area (Å²) in [5, 5.41) is 11.0. The first-order valence-corrected chi connectivity index (χ1v) is 13.9. The molecule has 1 aliphatic heterocycles. The number of non-ortho nitro benzene ring substituents is 1. The molecule has 0 saturated heterocycles. The third-order valence-corrected chi connectivity index (χ3v) is 7.67. The fourth-order valence-corrected chi connectivity index (χ4v) is 5.65. The van der Waals surface area contributed by atoms with Gasteiger partial charge in [0.2, 0.25) is 0 Å². The Morgan fingerprint density at radius 3 is 2.50 bits per heavy atom. The first-order valence-electron chi connectivity index (χ1n) is 13.1. The number of nitro groups is 1. The van der Waals surface area contributed by atoms with Crippen LogP contribution in [0.25, 0.3) is 11.8 Å². The third-order valence-electron chi connectivity index (χ3n) is 6.68. The minimum atomic E-state index is -0.758. The molecule has 0 N–H and O–H groups in total. The Morgan fingerprint density at radius 1 is 1.10 bits per heavy atom. The zero-order valence-corrected chi connectivity index (χ0v) is 23.9. The van der Waals surface area contributed by atoms with E-state index in [2.05, 4.69) is 0 Å². The van der Waals surface area contributed by atoms with Crippen molar-refractivity contribution in [3.05, 3.63) is 125 Å². The number of carbonyl (C=O) groups excluding carboxylic acids is 1. The number of hydrogen-bond acceptors (Lipinski definition) is 9. The fourth-order valence-electron chi connectivity index (χ4n) is 4.61. The maximum Gasteiger partial charge on any atom is 0.338 e. The summed E-state index contributed by atoms with van der Waals surface area (Å²) in [7, 11) is 1.54. The maximum atomic E-state index is 13.5. The second-order valence-corrected chi connectivity index (χ2v) is 10.3. The molecule has 4 aromatic rings. The van der Waals surface area contributed by atoms with E-state index >= 15 is 0 Å². The van der Waals surface area contributed by atoms with E-state index < -0.39 is 16.9 Å². The molecule has 1 aliphatic rings. The van der Waals surface area contributed by atoms with E-state index in [1.54, 1.807) is 44.2 Å². The van der Waals surface area contributed by atoms with Crippen molar-refractivity contribution in [3.63, 3.8) is 0 Å². The van der Waals surface area contributed by atoms with Crippen LogP contribution in [0.2, 0.25) is 0 Å². The second kappa shape index (κ2) is 12.2. The Morgan fingerprint density at radius 2 is 1.83 bits per heavy atom. The van der Waals surface area contributed by atoms with E-state index in [9.17, 15) is 19.7 Å². The van der Waals surface area contributed by atoms with Gasteiger partial charge in [-0.1, -0.05) is 47.7 Å². The SMILES string of the molecule is CCOC(=O)C1=C(C)n2c(s/c(=C\c3ccc([N+](=O)[O-])cc3)c2=O)=N[C@H]1c1ccc(OCc2ccccc2)c(OC)c1. The van der Waals surface area contributed by atoms with Crippen molar-refractivity contribution >= 4 is 34.8 Å². The maximum absolute atomic E-state index is 13.5. The quantitative estimate of drug-likeness (QED) is 0.162. The molecule has 3 aromatic carbocycles. The summed E-state index contributed by atoms with van der Waals surface area (Å²) in [4.78, 5) is 42.4. The third kappa shape index (κ3) is 5.72. The minimum absolute atomic E-state index is 0.0445. The smallest absolute Gasteiger partial charge is 0.338 e. The van der Waals surface area contributed by atoms with Crippen LogP contribution in [-0.4, -0.2) is 29.2 Å². The summed E-state index contributed by atoms with van der Waals surface area (Å²) in [5.74, 6) is 0.435. The molecule has 42 heavy (non-hydrogen) atoms. The summed E-state index contributed by atoms with van der Waals surface area (Å²) in [6, 6.07) is 20.2. The van der Waals surface area contributed by atoms with Gasteiger partial charge in [0.05, 0.1) is 28.7 Å². The number of allylic oxidation sites excluding steroid dienone is 1. The number of esters is 1. The Kier molecular flexibility index (Phi) is 8.30. The molecule has 214 valence electrons. The number of aromatic nitrogens is 1. The Balaban J connectivity index is 1.57. The molecule has 0 amide bonds. The van der Waals surface area contributed by atoms with Gasteiger partial charge in [-0.2, -0.15) is 0 Å². The second-order valence-electron chi connectivity index (χ2n) is 9.32. The van der Waals surface area contributed by atoms with Gasteiger partial charge in [0, 0.05) is 17.8 Å². The normalized spacial score (nSPS) is 14.6. The molecule has 2 heterocycles. The molecule has 0 fully saturated rings. The number of methoxy groups -OCH3 is 1. The molecule has 0 radical (unpaired) electrons. The monoisotopic (exact) mass is 585 g/mol. The molecule has 11 heteroatoms. The molecule has 1 aromatic heterocycles. The number of thiazole rings is 1. The number of rotatable bonds is 9. The average Bonchev–Trinajstić information content (AvgIpc) is 3.31. The van der Waals surface area contributed by atoms with Gasteiger partial charge in [-0.3, -0.25) is 19.5 Å². The van der Waals surface area contributed by atoms with Gasteiger partial charge in [0.15, 0.2) is 16.3 Å². The number of hydrogen-bond donors (Lipinski definition) is 0. The summed E-state index contributed by atoms with van der Waals surface area (Å²) >= 11 is 1.17. The van der Waals surface area contributed by atoms with Gasteiger partial charge in [-0.25, -0.2) is 9.79 Å². The van der Waals surface area contributed by atoms with E-state index in [-0.39, 0.29) is 23.4 Å². The van der Waals surface area contributed by atoms with Crippen LogP contribution >= 0.6 is 11.3 Å². The topological polar surface area (TPSA) is 122 Å². The van der Waals surface area contributed by atoms with Gasteiger partial charge >= 0.3 is 5.97 Å². The number of ether oxygens (including phenoxy) is 3. The molecule has 10 nitrogen and oxygen atoms in total. The molecular formula is C31H27N3O7S. The number of fused-ring (bicyclic) bond motifs is 1. The highest BCUT2D eigenvalue weighted by Gasteiger charge is 2.32. The lowest BCUT2D eigenvalue weighted by molar-refractivity contribution is -0.384. The zero-order chi connectivity index (χ0) is 29.8. The zero-order valence-electron chi connectivity index (χ0n) is 23.1. The first-order chi connectivity index (χ1) is 20.3. The summed E-state index contributed by atoms with van der Waals surface area (Å²) < 4.78 is 18.8. The Labute approximate surface area is 244 Å². The molecule has 0 unspecified atom stereocenters. The van der Waals surface area contributed by atoms with Crippen LogP contribution in [0.5, 0.6) is 11.5 Å². The van der Waals surface area contributed by atoms with Gasteiger partial charge in [0.25, 0.3) is 11.2 Å². The van der Waals surface area contributed by atoms with E-state index in [0.717, 1.165) is 5.56 Å². The molecule has 0 spiro atoms. The lowest BCUT2D eigenvalue weighted by Gasteiger charge is -2.23. The Bertz CT molecular complexity index is 1860. The van der Waals surface area contributed by atoms with Crippen LogP contribution in [0.4, 0.5) is 5.69 Å². The van der Waals surface area contributed by atoms with Crippen molar-refractivity contribution in [3.8, 4) is 11.5 Å². The molecule has 1 atom stereocenters. The number of nitro benzene ring substituents is 1. The average molecular weight is 586 g/mol. The predicted molar refractivity (Wildman–Crippen MR) is 158 cm³/mol. The summed E-state index contributed by atoms with van der Waals surface area (Å²) in [5.41, 5.74) is 2.55. The number of nitrogens with zero attached hydrogens (tertiary/aromatic N) is 3.